The zero-order valence-electron chi connectivity index (χ0n) is 10.7. The van der Waals surface area contributed by atoms with E-state index in [1.54, 1.807) is 5.57 Å². The van der Waals surface area contributed by atoms with Crippen molar-refractivity contribution in [3.63, 3.8) is 0 Å². The predicted octanol–water partition coefficient (Wildman–Crippen LogP) is 2.42. The van der Waals surface area contributed by atoms with Gasteiger partial charge in [0.2, 0.25) is 0 Å². The summed E-state index contributed by atoms with van der Waals surface area (Å²) in [6, 6.07) is -0.0656. The quantitative estimate of drug-likeness (QED) is 0.569. The first-order valence-electron chi connectivity index (χ1n) is 6.80. The van der Waals surface area contributed by atoms with E-state index in [0.29, 0.717) is 5.92 Å². The molecule has 96 valence electrons. The molecule has 0 heterocycles. The summed E-state index contributed by atoms with van der Waals surface area (Å²) >= 11 is 0. The van der Waals surface area contributed by atoms with E-state index >= 15 is 0 Å². The molecule has 0 saturated heterocycles. The van der Waals surface area contributed by atoms with Crippen molar-refractivity contribution in [1.29, 1.82) is 0 Å². The van der Waals surface area contributed by atoms with Gasteiger partial charge in [-0.2, -0.15) is 0 Å². The number of hydrogen-bond acceptors (Lipinski definition) is 3. The minimum absolute atomic E-state index is 0.0656. The van der Waals surface area contributed by atoms with Crippen molar-refractivity contribution in [1.82, 2.24) is 5.32 Å². The third-order valence-corrected chi connectivity index (χ3v) is 3.74. The standard InChI is InChI=1S/C14H23NO2/c1-17-14(16)13(12-7-8-12)15-10-9-11-5-3-2-4-6-11/h5,12-13,15H,2-4,6-10H2,1H3. The molecule has 0 aromatic carbocycles. The van der Waals surface area contributed by atoms with E-state index in [2.05, 4.69) is 11.4 Å². The minimum Gasteiger partial charge on any atom is -0.468 e. The van der Waals surface area contributed by atoms with Crippen LogP contribution < -0.4 is 5.32 Å². The number of rotatable bonds is 6. The molecular formula is C14H23NO2. The highest BCUT2D eigenvalue weighted by molar-refractivity contribution is 5.76. The molecule has 0 bridgehead atoms. The second kappa shape index (κ2) is 6.20. The van der Waals surface area contributed by atoms with Gasteiger partial charge in [-0.1, -0.05) is 11.6 Å². The molecule has 0 amide bonds. The van der Waals surface area contributed by atoms with Crippen LogP contribution in [-0.4, -0.2) is 25.7 Å². The molecule has 1 atom stereocenters. The SMILES string of the molecule is COC(=O)C(NCCC1=CCCCC1)C1CC1. The molecule has 0 radical (unpaired) electrons. The fraction of sp³-hybridized carbons (Fsp3) is 0.786. The summed E-state index contributed by atoms with van der Waals surface area (Å²) in [4.78, 5) is 11.6. The van der Waals surface area contributed by atoms with Crippen LogP contribution in [0.5, 0.6) is 0 Å². The van der Waals surface area contributed by atoms with Crippen molar-refractivity contribution in [2.75, 3.05) is 13.7 Å². The Labute approximate surface area is 104 Å². The molecule has 3 heteroatoms. The van der Waals surface area contributed by atoms with Crippen LogP contribution in [0.1, 0.15) is 44.9 Å². The normalized spacial score (nSPS) is 21.8. The lowest BCUT2D eigenvalue weighted by Gasteiger charge is -2.17. The summed E-state index contributed by atoms with van der Waals surface area (Å²) < 4.78 is 4.84. The van der Waals surface area contributed by atoms with E-state index in [0.717, 1.165) is 25.8 Å². The number of carbonyl (C=O) groups excluding carboxylic acids is 1. The Morgan fingerprint density at radius 3 is 2.94 bits per heavy atom. The smallest absolute Gasteiger partial charge is 0.323 e. The van der Waals surface area contributed by atoms with Crippen LogP contribution in [-0.2, 0) is 9.53 Å². The number of carbonyl (C=O) groups is 1. The molecule has 2 aliphatic rings. The maximum atomic E-state index is 11.6. The maximum absolute atomic E-state index is 11.6. The minimum atomic E-state index is -0.0925. The fourth-order valence-corrected chi connectivity index (χ4v) is 2.52. The van der Waals surface area contributed by atoms with Crippen LogP contribution in [0.25, 0.3) is 0 Å². The Balaban J connectivity index is 1.71. The van der Waals surface area contributed by atoms with E-state index in [1.165, 1.54) is 32.8 Å². The highest BCUT2D eigenvalue weighted by Crippen LogP contribution is 2.33. The average molecular weight is 237 g/mol. The number of hydrogen-bond donors (Lipinski definition) is 1. The van der Waals surface area contributed by atoms with Gasteiger partial charge in [-0.25, -0.2) is 0 Å². The van der Waals surface area contributed by atoms with Crippen LogP contribution >= 0.6 is 0 Å². The zero-order valence-corrected chi connectivity index (χ0v) is 10.7. The molecule has 3 nitrogen and oxygen atoms in total. The predicted molar refractivity (Wildman–Crippen MR) is 67.7 cm³/mol. The zero-order chi connectivity index (χ0) is 12.1. The van der Waals surface area contributed by atoms with Gasteiger partial charge in [-0.05, 0) is 57.4 Å². The highest BCUT2D eigenvalue weighted by atomic mass is 16.5. The van der Waals surface area contributed by atoms with Gasteiger partial charge in [0.15, 0.2) is 0 Å². The first-order valence-corrected chi connectivity index (χ1v) is 6.80. The van der Waals surface area contributed by atoms with Gasteiger partial charge >= 0.3 is 5.97 Å². The van der Waals surface area contributed by atoms with Gasteiger partial charge < -0.3 is 10.1 Å². The largest absolute Gasteiger partial charge is 0.468 e. The number of esters is 1. The number of ether oxygens (including phenoxy) is 1. The van der Waals surface area contributed by atoms with Gasteiger partial charge in [0.1, 0.15) is 6.04 Å². The molecule has 1 unspecified atom stereocenters. The Morgan fingerprint density at radius 2 is 2.35 bits per heavy atom. The second-order valence-electron chi connectivity index (χ2n) is 5.15. The summed E-state index contributed by atoms with van der Waals surface area (Å²) in [7, 11) is 1.48. The van der Waals surface area contributed by atoms with Gasteiger partial charge in [-0.15, -0.1) is 0 Å². The second-order valence-corrected chi connectivity index (χ2v) is 5.15. The Morgan fingerprint density at radius 1 is 1.53 bits per heavy atom. The van der Waals surface area contributed by atoms with Crippen LogP contribution in [0.3, 0.4) is 0 Å². The summed E-state index contributed by atoms with van der Waals surface area (Å²) in [5.74, 6) is 0.424. The third-order valence-electron chi connectivity index (χ3n) is 3.74. The van der Waals surface area contributed by atoms with Gasteiger partial charge in [0.25, 0.3) is 0 Å². The summed E-state index contributed by atoms with van der Waals surface area (Å²) in [6.45, 7) is 0.905. The molecule has 1 saturated carbocycles. The van der Waals surface area contributed by atoms with Crippen LogP contribution in [0.15, 0.2) is 11.6 Å². The molecule has 17 heavy (non-hydrogen) atoms. The van der Waals surface area contributed by atoms with Gasteiger partial charge in [0.05, 0.1) is 7.11 Å². The maximum Gasteiger partial charge on any atom is 0.323 e. The fourth-order valence-electron chi connectivity index (χ4n) is 2.52. The Kier molecular flexibility index (Phi) is 4.60. The van der Waals surface area contributed by atoms with Crippen molar-refractivity contribution in [3.05, 3.63) is 11.6 Å². The topological polar surface area (TPSA) is 38.3 Å². The molecule has 0 aromatic rings. The van der Waals surface area contributed by atoms with E-state index in [4.69, 9.17) is 4.74 Å². The van der Waals surface area contributed by atoms with Crippen molar-refractivity contribution < 1.29 is 9.53 Å². The van der Waals surface area contributed by atoms with Crippen LogP contribution in [0.2, 0.25) is 0 Å². The lowest BCUT2D eigenvalue weighted by molar-refractivity contribution is -0.143. The van der Waals surface area contributed by atoms with Gasteiger partial charge in [0, 0.05) is 0 Å². The lowest BCUT2D eigenvalue weighted by Crippen LogP contribution is -2.40. The molecule has 1 fully saturated rings. The highest BCUT2D eigenvalue weighted by Gasteiger charge is 2.36. The first-order chi connectivity index (χ1) is 8.31. The molecule has 0 aromatic heterocycles. The molecule has 2 aliphatic carbocycles. The van der Waals surface area contributed by atoms with Gasteiger partial charge in [-0.3, -0.25) is 4.79 Å². The Hall–Kier alpha value is -0.830. The van der Waals surface area contributed by atoms with Crippen molar-refractivity contribution in [2.45, 2.75) is 51.0 Å². The van der Waals surface area contributed by atoms with E-state index in [9.17, 15) is 4.79 Å². The average Bonchev–Trinajstić information content (AvgIpc) is 3.19. The summed E-state index contributed by atoms with van der Waals surface area (Å²) in [5, 5.41) is 3.36. The molecule has 1 N–H and O–H groups in total. The number of nitrogens with one attached hydrogen (secondary N) is 1. The number of methoxy groups -OCH3 is 1. The number of allylic oxidation sites excluding steroid dienone is 1. The van der Waals surface area contributed by atoms with Crippen molar-refractivity contribution >= 4 is 5.97 Å². The van der Waals surface area contributed by atoms with Crippen LogP contribution in [0, 0.1) is 5.92 Å². The van der Waals surface area contributed by atoms with E-state index in [1.807, 2.05) is 0 Å². The summed E-state index contributed by atoms with van der Waals surface area (Å²) in [6.07, 6.45) is 10.9. The van der Waals surface area contributed by atoms with Crippen molar-refractivity contribution in [2.24, 2.45) is 5.92 Å². The first kappa shape index (κ1) is 12.6. The molecule has 0 aliphatic heterocycles. The third kappa shape index (κ3) is 3.84. The van der Waals surface area contributed by atoms with Crippen LogP contribution in [0.4, 0.5) is 0 Å². The summed E-state index contributed by atoms with van der Waals surface area (Å²) in [5.41, 5.74) is 1.56. The monoisotopic (exact) mass is 237 g/mol. The van der Waals surface area contributed by atoms with E-state index in [-0.39, 0.29) is 12.0 Å². The lowest BCUT2D eigenvalue weighted by atomic mass is 9.97. The molecular weight excluding hydrogens is 214 g/mol. The molecule has 2 rings (SSSR count). The van der Waals surface area contributed by atoms with Crippen molar-refractivity contribution in [3.8, 4) is 0 Å². The Bertz CT molecular complexity index is 295. The van der Waals surface area contributed by atoms with E-state index < -0.39 is 0 Å². The molecule has 0 spiro atoms.